The van der Waals surface area contributed by atoms with Gasteiger partial charge in [0.1, 0.15) is 0 Å². The minimum atomic E-state index is 0.231. The second kappa shape index (κ2) is 3.48. The maximum atomic E-state index is 11.7. The number of carbonyl (C=O) groups excluding carboxylic acids is 1. The summed E-state index contributed by atoms with van der Waals surface area (Å²) >= 11 is 0. The fourth-order valence-corrected chi connectivity index (χ4v) is 3.51. The molecule has 0 heterocycles. The monoisotopic (exact) mass is 208 g/mol. The van der Waals surface area contributed by atoms with Crippen LogP contribution < -0.4 is 11.1 Å². The van der Waals surface area contributed by atoms with E-state index in [-0.39, 0.29) is 18.0 Å². The molecule has 3 fully saturated rings. The smallest absolute Gasteiger partial charge is 0.220 e. The van der Waals surface area contributed by atoms with Crippen molar-refractivity contribution in [1.82, 2.24) is 5.32 Å². The van der Waals surface area contributed by atoms with Crippen molar-refractivity contribution in [2.45, 2.75) is 50.6 Å². The molecule has 1 amide bonds. The lowest BCUT2D eigenvalue weighted by molar-refractivity contribution is -0.122. The normalized spacial score (nSPS) is 46.9. The molecule has 2 bridgehead atoms. The van der Waals surface area contributed by atoms with Gasteiger partial charge in [0.05, 0.1) is 0 Å². The van der Waals surface area contributed by atoms with Gasteiger partial charge in [-0.15, -0.1) is 0 Å². The molecule has 0 aromatic heterocycles. The van der Waals surface area contributed by atoms with E-state index >= 15 is 0 Å². The maximum absolute atomic E-state index is 11.7. The van der Waals surface area contributed by atoms with Crippen LogP contribution in [0.15, 0.2) is 0 Å². The first-order valence-corrected chi connectivity index (χ1v) is 6.27. The number of nitrogens with one attached hydrogen (secondary N) is 1. The van der Waals surface area contributed by atoms with Gasteiger partial charge >= 0.3 is 0 Å². The van der Waals surface area contributed by atoms with Gasteiger partial charge in [-0.3, -0.25) is 4.79 Å². The van der Waals surface area contributed by atoms with E-state index in [4.69, 9.17) is 5.73 Å². The maximum Gasteiger partial charge on any atom is 0.220 e. The highest BCUT2D eigenvalue weighted by Gasteiger charge is 2.41. The zero-order chi connectivity index (χ0) is 10.4. The third kappa shape index (κ3) is 1.89. The average Bonchev–Trinajstić information content (AvgIpc) is 2.67. The third-order valence-electron chi connectivity index (χ3n) is 4.52. The van der Waals surface area contributed by atoms with E-state index in [1.165, 1.54) is 25.7 Å². The molecule has 3 heteroatoms. The van der Waals surface area contributed by atoms with Crippen LogP contribution in [0, 0.1) is 17.8 Å². The predicted octanol–water partition coefficient (Wildman–Crippen LogP) is 1.03. The molecule has 0 aliphatic heterocycles. The quantitative estimate of drug-likeness (QED) is 0.728. The van der Waals surface area contributed by atoms with Crippen LogP contribution in [0.5, 0.6) is 0 Å². The van der Waals surface area contributed by atoms with E-state index < -0.39 is 0 Å². The Morgan fingerprint density at radius 2 is 2.07 bits per heavy atom. The number of nitrogens with two attached hydrogens (primary N) is 1. The van der Waals surface area contributed by atoms with E-state index in [0.717, 1.165) is 24.7 Å². The highest BCUT2D eigenvalue weighted by Crippen LogP contribution is 2.49. The van der Waals surface area contributed by atoms with Gasteiger partial charge in [-0.25, -0.2) is 0 Å². The van der Waals surface area contributed by atoms with Crippen LogP contribution in [-0.2, 0) is 4.79 Å². The number of carbonyl (C=O) groups is 1. The minimum absolute atomic E-state index is 0.231. The molecular weight excluding hydrogens is 188 g/mol. The third-order valence-corrected chi connectivity index (χ3v) is 4.52. The molecule has 0 saturated heterocycles. The highest BCUT2D eigenvalue weighted by molar-refractivity contribution is 5.77. The van der Waals surface area contributed by atoms with E-state index in [9.17, 15) is 4.79 Å². The zero-order valence-corrected chi connectivity index (χ0v) is 9.11. The Balaban J connectivity index is 1.47. The lowest BCUT2D eigenvalue weighted by Crippen LogP contribution is -2.31. The Morgan fingerprint density at radius 3 is 2.60 bits per heavy atom. The lowest BCUT2D eigenvalue weighted by Gasteiger charge is -2.20. The van der Waals surface area contributed by atoms with Gasteiger partial charge < -0.3 is 11.1 Å². The van der Waals surface area contributed by atoms with Crippen LogP contribution >= 0.6 is 0 Å². The first kappa shape index (κ1) is 9.64. The van der Waals surface area contributed by atoms with Crippen LogP contribution in [0.2, 0.25) is 0 Å². The molecular formula is C12H20N2O. The molecule has 3 nitrogen and oxygen atoms in total. The predicted molar refractivity (Wildman–Crippen MR) is 58.1 cm³/mol. The number of hydrogen-bond donors (Lipinski definition) is 2. The molecule has 84 valence electrons. The van der Waals surface area contributed by atoms with Gasteiger partial charge in [-0.2, -0.15) is 0 Å². The topological polar surface area (TPSA) is 55.1 Å². The fraction of sp³-hybridized carbons (Fsp3) is 0.917. The summed E-state index contributed by atoms with van der Waals surface area (Å²) in [6.45, 7) is 0. The Bertz CT molecular complexity index is 279. The van der Waals surface area contributed by atoms with E-state index in [0.29, 0.717) is 5.92 Å². The van der Waals surface area contributed by atoms with Crippen LogP contribution in [0.4, 0.5) is 0 Å². The molecule has 5 unspecified atom stereocenters. The molecule has 0 aromatic carbocycles. The van der Waals surface area contributed by atoms with Crippen molar-refractivity contribution in [3.05, 3.63) is 0 Å². The van der Waals surface area contributed by atoms with Gasteiger partial charge in [0, 0.05) is 18.5 Å². The Morgan fingerprint density at radius 1 is 1.27 bits per heavy atom. The van der Waals surface area contributed by atoms with Gasteiger partial charge in [0.15, 0.2) is 0 Å². The summed E-state index contributed by atoms with van der Waals surface area (Å²) in [5.41, 5.74) is 5.67. The molecule has 3 aliphatic rings. The van der Waals surface area contributed by atoms with E-state index in [1.54, 1.807) is 0 Å². The van der Waals surface area contributed by atoms with Crippen molar-refractivity contribution in [2.24, 2.45) is 23.5 Å². The van der Waals surface area contributed by atoms with Crippen molar-refractivity contribution >= 4 is 5.91 Å². The Hall–Kier alpha value is -0.570. The fourth-order valence-electron chi connectivity index (χ4n) is 3.51. The number of fused-ring (bicyclic) bond motifs is 2. The summed E-state index contributed by atoms with van der Waals surface area (Å²) in [7, 11) is 0. The molecule has 5 atom stereocenters. The lowest BCUT2D eigenvalue weighted by atomic mass is 9.86. The zero-order valence-electron chi connectivity index (χ0n) is 9.11. The van der Waals surface area contributed by atoms with Crippen molar-refractivity contribution < 1.29 is 4.79 Å². The van der Waals surface area contributed by atoms with Crippen molar-refractivity contribution in [2.75, 3.05) is 0 Å². The van der Waals surface area contributed by atoms with Gasteiger partial charge in [-0.05, 0) is 43.4 Å². The molecule has 3 saturated carbocycles. The van der Waals surface area contributed by atoms with Crippen molar-refractivity contribution in [3.8, 4) is 0 Å². The van der Waals surface area contributed by atoms with E-state index in [1.807, 2.05) is 0 Å². The summed E-state index contributed by atoms with van der Waals surface area (Å²) < 4.78 is 0. The first-order valence-electron chi connectivity index (χ1n) is 6.27. The van der Waals surface area contributed by atoms with Crippen LogP contribution in [0.1, 0.15) is 38.5 Å². The summed E-state index contributed by atoms with van der Waals surface area (Å²) in [6.07, 6.45) is 7.20. The van der Waals surface area contributed by atoms with Gasteiger partial charge in [0.25, 0.3) is 0 Å². The number of amides is 1. The number of hydrogen-bond acceptors (Lipinski definition) is 2. The summed E-state index contributed by atoms with van der Waals surface area (Å²) in [5.74, 6) is 2.72. The SMILES string of the molecule is NC1CC1NC(=O)CC1CC2CCC1C2. The molecule has 0 spiro atoms. The first-order chi connectivity index (χ1) is 7.22. The molecule has 3 aliphatic carbocycles. The van der Waals surface area contributed by atoms with Crippen LogP contribution in [0.25, 0.3) is 0 Å². The number of rotatable bonds is 3. The molecule has 3 N–H and O–H groups in total. The minimum Gasteiger partial charge on any atom is -0.352 e. The molecule has 0 radical (unpaired) electrons. The van der Waals surface area contributed by atoms with Crippen LogP contribution in [-0.4, -0.2) is 18.0 Å². The summed E-state index contributed by atoms with van der Waals surface area (Å²) in [5, 5.41) is 3.03. The highest BCUT2D eigenvalue weighted by atomic mass is 16.1. The van der Waals surface area contributed by atoms with Gasteiger partial charge in [0.2, 0.25) is 5.91 Å². The largest absolute Gasteiger partial charge is 0.352 e. The second-order valence-corrected chi connectivity index (χ2v) is 5.71. The van der Waals surface area contributed by atoms with Crippen LogP contribution in [0.3, 0.4) is 0 Å². The molecule has 15 heavy (non-hydrogen) atoms. The standard InChI is InChI=1S/C12H20N2O/c13-10-6-11(10)14-12(15)5-9-4-7-1-2-8(9)3-7/h7-11H,1-6,13H2,(H,14,15). The molecule has 0 aromatic rings. The van der Waals surface area contributed by atoms with Gasteiger partial charge in [-0.1, -0.05) is 6.42 Å². The Kier molecular flexibility index (Phi) is 2.23. The summed E-state index contributed by atoms with van der Waals surface area (Å²) in [4.78, 5) is 11.7. The van der Waals surface area contributed by atoms with E-state index in [2.05, 4.69) is 5.32 Å². The average molecular weight is 208 g/mol. The van der Waals surface area contributed by atoms with Crippen molar-refractivity contribution in [1.29, 1.82) is 0 Å². The molecule has 3 rings (SSSR count). The van der Waals surface area contributed by atoms with Crippen molar-refractivity contribution in [3.63, 3.8) is 0 Å². The Labute approximate surface area is 90.8 Å². The summed E-state index contributed by atoms with van der Waals surface area (Å²) in [6, 6.07) is 0.519. The second-order valence-electron chi connectivity index (χ2n) is 5.71.